The number of aromatic nitrogens is 4. The van der Waals surface area contributed by atoms with Gasteiger partial charge in [-0.1, -0.05) is 48.0 Å². The van der Waals surface area contributed by atoms with Gasteiger partial charge < -0.3 is 0 Å². The molecule has 9 nitrogen and oxygen atoms in total. The molecule has 0 aliphatic carbocycles. The Hall–Kier alpha value is -3.98. The summed E-state index contributed by atoms with van der Waals surface area (Å²) in [6.45, 7) is 1.64. The van der Waals surface area contributed by atoms with E-state index in [0.717, 1.165) is 4.68 Å². The summed E-state index contributed by atoms with van der Waals surface area (Å²) in [5.41, 5.74) is 5.56. The fourth-order valence-corrected chi connectivity index (χ4v) is 3.56. The minimum Gasteiger partial charge on any atom is -0.267 e. The molecule has 0 radical (unpaired) electrons. The second-order valence-corrected chi connectivity index (χ2v) is 7.09. The molecule has 0 saturated heterocycles. The number of hydrogen-bond acceptors (Lipinski definition) is 5. The first-order valence-corrected chi connectivity index (χ1v) is 9.63. The first-order chi connectivity index (χ1) is 14.9. The average Bonchev–Trinajstić information content (AvgIpc) is 3.09. The molecule has 0 spiro atoms. The zero-order valence-corrected chi connectivity index (χ0v) is 17.3. The van der Waals surface area contributed by atoms with Gasteiger partial charge in [-0.3, -0.25) is 25.2 Å². The van der Waals surface area contributed by atoms with Crippen LogP contribution in [0.4, 0.5) is 0 Å². The summed E-state index contributed by atoms with van der Waals surface area (Å²) >= 11 is 6.38. The van der Waals surface area contributed by atoms with Crippen LogP contribution in [0.25, 0.3) is 16.5 Å². The van der Waals surface area contributed by atoms with Gasteiger partial charge in [0.1, 0.15) is 10.7 Å². The number of halogens is 1. The highest BCUT2D eigenvalue weighted by Gasteiger charge is 2.22. The average molecular weight is 437 g/mol. The van der Waals surface area contributed by atoms with Crippen LogP contribution < -0.4 is 16.4 Å². The fourth-order valence-electron chi connectivity index (χ4n) is 3.20. The maximum absolute atomic E-state index is 12.7. The highest BCUT2D eigenvalue weighted by Crippen LogP contribution is 2.23. The lowest BCUT2D eigenvalue weighted by atomic mass is 10.1. The molecule has 31 heavy (non-hydrogen) atoms. The fraction of sp³-hybridized carbons (Fsp3) is 0.0952. The molecule has 0 atom stereocenters. The Morgan fingerprint density at radius 3 is 2.23 bits per heavy atom. The molecule has 0 unspecified atom stereocenters. The number of nitrogens with one attached hydrogen (secondary N) is 2. The summed E-state index contributed by atoms with van der Waals surface area (Å²) in [6.07, 6.45) is 0. The van der Waals surface area contributed by atoms with E-state index in [1.54, 1.807) is 43.3 Å². The van der Waals surface area contributed by atoms with Crippen molar-refractivity contribution in [2.24, 2.45) is 7.05 Å². The van der Waals surface area contributed by atoms with E-state index >= 15 is 0 Å². The van der Waals surface area contributed by atoms with Crippen LogP contribution >= 0.6 is 11.6 Å². The number of hydrazine groups is 1. The second kappa shape index (κ2) is 8.04. The Labute approximate surface area is 181 Å². The maximum atomic E-state index is 12.7. The van der Waals surface area contributed by atoms with E-state index < -0.39 is 11.8 Å². The number of amides is 2. The molecule has 2 amide bonds. The summed E-state index contributed by atoms with van der Waals surface area (Å²) in [4.78, 5) is 37.6. The van der Waals surface area contributed by atoms with E-state index in [9.17, 15) is 14.4 Å². The van der Waals surface area contributed by atoms with Crippen molar-refractivity contribution in [3.05, 3.63) is 87.1 Å². The van der Waals surface area contributed by atoms with Gasteiger partial charge in [0, 0.05) is 12.4 Å². The minimum atomic E-state index is -0.677. The van der Waals surface area contributed by atoms with Gasteiger partial charge in [0.2, 0.25) is 0 Å². The van der Waals surface area contributed by atoms with Crippen molar-refractivity contribution in [3.8, 4) is 5.69 Å². The van der Waals surface area contributed by atoms with Crippen molar-refractivity contribution < 1.29 is 9.59 Å². The van der Waals surface area contributed by atoms with Gasteiger partial charge in [0.15, 0.2) is 5.69 Å². The Kier molecular flexibility index (Phi) is 5.26. The van der Waals surface area contributed by atoms with Crippen LogP contribution in [-0.4, -0.2) is 31.4 Å². The summed E-state index contributed by atoms with van der Waals surface area (Å²) < 4.78 is 2.51. The SMILES string of the molecule is Cc1nn(-c2ccccc2)c(Cl)c1C(=O)NNC(=O)c1nn(C)c(=O)c2ccccc12. The highest BCUT2D eigenvalue weighted by atomic mass is 35.5. The molecule has 0 saturated carbocycles. The van der Waals surface area contributed by atoms with Gasteiger partial charge in [-0.25, -0.2) is 9.36 Å². The monoisotopic (exact) mass is 436 g/mol. The minimum absolute atomic E-state index is 0.000740. The molecule has 156 valence electrons. The molecule has 0 aliphatic rings. The molecular weight excluding hydrogens is 420 g/mol. The van der Waals surface area contributed by atoms with Crippen LogP contribution in [0.2, 0.25) is 5.15 Å². The lowest BCUT2D eigenvalue weighted by Crippen LogP contribution is -2.43. The van der Waals surface area contributed by atoms with E-state index in [1.165, 1.54) is 11.7 Å². The number of para-hydroxylation sites is 1. The second-order valence-electron chi connectivity index (χ2n) is 6.73. The van der Waals surface area contributed by atoms with Gasteiger partial charge in [0.05, 0.1) is 16.8 Å². The van der Waals surface area contributed by atoms with Crippen molar-refractivity contribution in [2.75, 3.05) is 0 Å². The van der Waals surface area contributed by atoms with Gasteiger partial charge in [-0.2, -0.15) is 10.2 Å². The summed E-state index contributed by atoms with van der Waals surface area (Å²) in [5.74, 6) is -1.31. The van der Waals surface area contributed by atoms with Gasteiger partial charge in [-0.15, -0.1) is 0 Å². The molecule has 4 aromatic rings. The molecule has 10 heteroatoms. The zero-order chi connectivity index (χ0) is 22.1. The molecule has 0 aliphatic heterocycles. The third-order valence-corrected chi connectivity index (χ3v) is 5.04. The first kappa shape index (κ1) is 20.3. The predicted octanol–water partition coefficient (Wildman–Crippen LogP) is 2.16. The smallest absolute Gasteiger partial charge is 0.267 e. The molecule has 2 aromatic heterocycles. The number of fused-ring (bicyclic) bond motifs is 1. The standard InChI is InChI=1S/C21H17ClN6O3/c1-12-16(18(22)28(25-12)13-8-4-3-5-9-13)19(29)23-24-20(30)17-14-10-6-7-11-15(14)21(31)27(2)26-17/h3-11H,1-2H3,(H,23,29)(H,24,30). The van der Waals surface area contributed by atoms with Crippen molar-refractivity contribution in [1.29, 1.82) is 0 Å². The van der Waals surface area contributed by atoms with Gasteiger partial charge >= 0.3 is 0 Å². The van der Waals surface area contributed by atoms with Crippen molar-refractivity contribution >= 4 is 34.2 Å². The largest absolute Gasteiger partial charge is 0.290 e. The number of aryl methyl sites for hydroxylation is 2. The van der Waals surface area contributed by atoms with Crippen molar-refractivity contribution in [1.82, 2.24) is 30.4 Å². The summed E-state index contributed by atoms with van der Waals surface area (Å²) in [5, 5.41) is 9.18. The number of rotatable bonds is 3. The molecular formula is C21H17ClN6O3. The van der Waals surface area contributed by atoms with Gasteiger partial charge in [0.25, 0.3) is 17.4 Å². The number of benzene rings is 2. The van der Waals surface area contributed by atoms with E-state index in [4.69, 9.17) is 11.6 Å². The number of carbonyl (C=O) groups excluding carboxylic acids is 2. The van der Waals surface area contributed by atoms with Crippen molar-refractivity contribution in [3.63, 3.8) is 0 Å². The normalized spacial score (nSPS) is 10.8. The highest BCUT2D eigenvalue weighted by molar-refractivity contribution is 6.33. The van der Waals surface area contributed by atoms with Crippen molar-refractivity contribution in [2.45, 2.75) is 6.92 Å². The molecule has 2 heterocycles. The molecule has 2 N–H and O–H groups in total. The third kappa shape index (κ3) is 3.66. The van der Waals surface area contributed by atoms with Crippen LogP contribution in [0, 0.1) is 6.92 Å². The Balaban J connectivity index is 1.59. The Morgan fingerprint density at radius 1 is 0.903 bits per heavy atom. The van der Waals surface area contributed by atoms with Crippen LogP contribution in [-0.2, 0) is 7.05 Å². The van der Waals surface area contributed by atoms with E-state index in [-0.39, 0.29) is 22.0 Å². The van der Waals surface area contributed by atoms with Crippen LogP contribution in [0.5, 0.6) is 0 Å². The quantitative estimate of drug-likeness (QED) is 0.478. The maximum Gasteiger partial charge on any atom is 0.290 e. The Morgan fingerprint density at radius 2 is 1.52 bits per heavy atom. The Bertz CT molecular complexity index is 1380. The lowest BCUT2D eigenvalue weighted by Gasteiger charge is -2.10. The van der Waals surface area contributed by atoms with E-state index in [0.29, 0.717) is 22.2 Å². The molecule has 4 rings (SSSR count). The van der Waals surface area contributed by atoms with Gasteiger partial charge in [-0.05, 0) is 25.1 Å². The van der Waals surface area contributed by atoms with E-state index in [1.807, 2.05) is 18.2 Å². The summed E-state index contributed by atoms with van der Waals surface area (Å²) in [7, 11) is 1.45. The predicted molar refractivity (Wildman–Crippen MR) is 115 cm³/mol. The topological polar surface area (TPSA) is 111 Å². The molecule has 2 aromatic carbocycles. The lowest BCUT2D eigenvalue weighted by molar-refractivity contribution is 0.0843. The number of hydrogen-bond donors (Lipinski definition) is 2. The first-order valence-electron chi connectivity index (χ1n) is 9.25. The zero-order valence-electron chi connectivity index (χ0n) is 16.6. The van der Waals surface area contributed by atoms with Crippen LogP contribution in [0.15, 0.2) is 59.4 Å². The molecule has 0 fully saturated rings. The number of carbonyl (C=O) groups is 2. The summed E-state index contributed by atoms with van der Waals surface area (Å²) in [6, 6.07) is 15.7. The third-order valence-electron chi connectivity index (χ3n) is 4.69. The van der Waals surface area contributed by atoms with E-state index in [2.05, 4.69) is 21.0 Å². The van der Waals surface area contributed by atoms with Crippen LogP contribution in [0.3, 0.4) is 0 Å². The van der Waals surface area contributed by atoms with Crippen LogP contribution in [0.1, 0.15) is 26.5 Å². The number of nitrogens with zero attached hydrogens (tertiary/aromatic N) is 4. The molecule has 0 bridgehead atoms.